The van der Waals surface area contributed by atoms with Crippen LogP contribution >= 0.6 is 0 Å². The quantitative estimate of drug-likeness (QED) is 0.463. The number of carbonyl (C=O) groups excluding carboxylic acids is 3. The fourth-order valence-electron chi connectivity index (χ4n) is 2.23. The first kappa shape index (κ1) is 13.3. The maximum Gasteiger partial charge on any atom is 0.330 e. The van der Waals surface area contributed by atoms with Gasteiger partial charge in [0.1, 0.15) is 11.7 Å². The van der Waals surface area contributed by atoms with Crippen LogP contribution in [-0.4, -0.2) is 30.3 Å². The third kappa shape index (κ3) is 2.23. The molecule has 0 spiro atoms. The van der Waals surface area contributed by atoms with E-state index in [1.165, 1.54) is 11.8 Å². The van der Waals surface area contributed by atoms with Gasteiger partial charge >= 0.3 is 5.97 Å². The lowest BCUT2D eigenvalue weighted by Crippen LogP contribution is -2.67. The lowest BCUT2D eigenvalue weighted by molar-refractivity contribution is -0.156. The van der Waals surface area contributed by atoms with Gasteiger partial charge in [0.25, 0.3) is 0 Å². The molecule has 1 heterocycles. The first-order chi connectivity index (χ1) is 9.07. The molecule has 0 unspecified atom stereocenters. The molecule has 2 atom stereocenters. The predicted octanol–water partition coefficient (Wildman–Crippen LogP) is 1.17. The molecule has 0 radical (unpaired) electrons. The smallest absolute Gasteiger partial charge is 0.330 e. The molecule has 0 saturated carbocycles. The van der Waals surface area contributed by atoms with E-state index in [4.69, 9.17) is 4.74 Å². The highest BCUT2D eigenvalue weighted by atomic mass is 16.5. The molecular weight excluding hydrogens is 246 g/mol. The molecular formula is C14H15NO4. The molecule has 0 N–H and O–H groups in total. The van der Waals surface area contributed by atoms with Gasteiger partial charge in [-0.3, -0.25) is 14.5 Å². The first-order valence-corrected chi connectivity index (χ1v) is 6.13. The second-order valence-electron chi connectivity index (χ2n) is 4.33. The fraction of sp³-hybridized carbons (Fsp3) is 0.357. The molecule has 5 heteroatoms. The monoisotopic (exact) mass is 261 g/mol. The Balaban J connectivity index is 2.30. The van der Waals surface area contributed by atoms with Crippen molar-refractivity contribution in [1.82, 2.24) is 0 Å². The molecule has 0 aliphatic carbocycles. The van der Waals surface area contributed by atoms with E-state index in [-0.39, 0.29) is 18.3 Å². The number of nitrogens with zero attached hydrogens (tertiary/aromatic N) is 1. The third-order valence-electron chi connectivity index (χ3n) is 3.10. The maximum absolute atomic E-state index is 12.0. The van der Waals surface area contributed by atoms with Crippen molar-refractivity contribution in [2.24, 2.45) is 5.92 Å². The highest BCUT2D eigenvalue weighted by Gasteiger charge is 2.55. The van der Waals surface area contributed by atoms with Crippen LogP contribution in [0.3, 0.4) is 0 Å². The van der Waals surface area contributed by atoms with Gasteiger partial charge in [0.15, 0.2) is 6.04 Å². The van der Waals surface area contributed by atoms with Crippen LogP contribution in [0, 0.1) is 5.92 Å². The predicted molar refractivity (Wildman–Crippen MR) is 68.5 cm³/mol. The van der Waals surface area contributed by atoms with Crippen LogP contribution in [0.25, 0.3) is 0 Å². The zero-order chi connectivity index (χ0) is 14.0. The summed E-state index contributed by atoms with van der Waals surface area (Å²) in [7, 11) is 0. The number of esters is 1. The summed E-state index contributed by atoms with van der Waals surface area (Å²) < 4.78 is 4.94. The molecule has 0 bridgehead atoms. The standard InChI is InChI=1S/C14H15NO4/c1-3-19-14(18)12-11(9(2)16)13(17)15(12)10-7-5-4-6-8-10/h4-8,11-12H,3H2,1-2H3/t11-,12+/m0/s1. The second kappa shape index (κ2) is 5.22. The molecule has 2 rings (SSSR count). The number of β-lactam (4-membered cyclic amide) rings is 1. The lowest BCUT2D eigenvalue weighted by atomic mass is 9.83. The molecule has 1 aliphatic heterocycles. The highest BCUT2D eigenvalue weighted by molar-refractivity contribution is 6.20. The molecule has 1 fully saturated rings. The van der Waals surface area contributed by atoms with Gasteiger partial charge in [-0.15, -0.1) is 0 Å². The minimum absolute atomic E-state index is 0.219. The van der Waals surface area contributed by atoms with Crippen LogP contribution < -0.4 is 4.90 Å². The Morgan fingerprint density at radius 2 is 1.89 bits per heavy atom. The van der Waals surface area contributed by atoms with E-state index in [2.05, 4.69) is 0 Å². The van der Waals surface area contributed by atoms with Gasteiger partial charge in [-0.25, -0.2) is 4.79 Å². The van der Waals surface area contributed by atoms with E-state index in [9.17, 15) is 14.4 Å². The summed E-state index contributed by atoms with van der Waals surface area (Å²) in [6.45, 7) is 3.22. The average Bonchev–Trinajstić information content (AvgIpc) is 2.36. The first-order valence-electron chi connectivity index (χ1n) is 6.13. The Morgan fingerprint density at radius 3 is 2.42 bits per heavy atom. The maximum atomic E-state index is 12.0. The van der Waals surface area contributed by atoms with E-state index in [0.29, 0.717) is 5.69 Å². The van der Waals surface area contributed by atoms with Crippen molar-refractivity contribution in [3.05, 3.63) is 30.3 Å². The molecule has 1 aromatic carbocycles. The van der Waals surface area contributed by atoms with Gasteiger partial charge in [-0.1, -0.05) is 18.2 Å². The molecule has 1 aliphatic rings. The SMILES string of the molecule is CCOC(=O)[C@H]1[C@H](C(C)=O)C(=O)N1c1ccccc1. The molecule has 1 amide bonds. The van der Waals surface area contributed by atoms with Crippen LogP contribution in [0.15, 0.2) is 30.3 Å². The highest BCUT2D eigenvalue weighted by Crippen LogP contribution is 2.33. The Labute approximate surface area is 111 Å². The summed E-state index contributed by atoms with van der Waals surface area (Å²) in [4.78, 5) is 36.7. The minimum Gasteiger partial charge on any atom is -0.464 e. The zero-order valence-corrected chi connectivity index (χ0v) is 10.8. The average molecular weight is 261 g/mol. The molecule has 19 heavy (non-hydrogen) atoms. The normalized spacial score (nSPS) is 21.8. The number of benzene rings is 1. The number of ether oxygens (including phenoxy) is 1. The Bertz CT molecular complexity index is 511. The number of ketones is 1. The number of hydrogen-bond donors (Lipinski definition) is 0. The number of hydrogen-bond acceptors (Lipinski definition) is 4. The van der Waals surface area contributed by atoms with E-state index in [1.54, 1.807) is 31.2 Å². The van der Waals surface area contributed by atoms with Crippen molar-refractivity contribution >= 4 is 23.3 Å². The molecule has 5 nitrogen and oxygen atoms in total. The van der Waals surface area contributed by atoms with Crippen molar-refractivity contribution in [1.29, 1.82) is 0 Å². The number of carbonyl (C=O) groups is 3. The molecule has 1 aromatic rings. The summed E-state index contributed by atoms with van der Waals surface area (Å²) in [6, 6.07) is 7.96. The van der Waals surface area contributed by atoms with Crippen LogP contribution in [0.4, 0.5) is 5.69 Å². The molecule has 100 valence electrons. The van der Waals surface area contributed by atoms with Crippen molar-refractivity contribution in [2.75, 3.05) is 11.5 Å². The van der Waals surface area contributed by atoms with Gasteiger partial charge in [0.2, 0.25) is 5.91 Å². The Hall–Kier alpha value is -2.17. The second-order valence-corrected chi connectivity index (χ2v) is 4.33. The van der Waals surface area contributed by atoms with Gasteiger partial charge in [-0.2, -0.15) is 0 Å². The van der Waals surface area contributed by atoms with E-state index < -0.39 is 17.9 Å². The number of para-hydroxylation sites is 1. The lowest BCUT2D eigenvalue weighted by Gasteiger charge is -2.43. The van der Waals surface area contributed by atoms with E-state index in [1.807, 2.05) is 6.07 Å². The van der Waals surface area contributed by atoms with E-state index in [0.717, 1.165) is 0 Å². The summed E-state index contributed by atoms with van der Waals surface area (Å²) >= 11 is 0. The van der Waals surface area contributed by atoms with Gasteiger partial charge in [0, 0.05) is 5.69 Å². The largest absolute Gasteiger partial charge is 0.464 e. The van der Waals surface area contributed by atoms with Crippen molar-refractivity contribution in [3.8, 4) is 0 Å². The Morgan fingerprint density at radius 1 is 1.26 bits per heavy atom. The third-order valence-corrected chi connectivity index (χ3v) is 3.10. The Kier molecular flexibility index (Phi) is 3.64. The van der Waals surface area contributed by atoms with Crippen LogP contribution in [0.1, 0.15) is 13.8 Å². The summed E-state index contributed by atoms with van der Waals surface area (Å²) in [5.74, 6) is -2.11. The number of amides is 1. The van der Waals surface area contributed by atoms with Crippen molar-refractivity contribution in [3.63, 3.8) is 0 Å². The number of anilines is 1. The summed E-state index contributed by atoms with van der Waals surface area (Å²) in [6.07, 6.45) is 0. The van der Waals surface area contributed by atoms with Gasteiger partial charge in [0.05, 0.1) is 6.61 Å². The molecule has 1 saturated heterocycles. The number of rotatable bonds is 4. The van der Waals surface area contributed by atoms with Gasteiger partial charge < -0.3 is 4.74 Å². The van der Waals surface area contributed by atoms with Crippen LogP contribution in [0.2, 0.25) is 0 Å². The van der Waals surface area contributed by atoms with Crippen LogP contribution in [0.5, 0.6) is 0 Å². The number of Topliss-reactive ketones (excluding diaryl/α,β-unsaturated/α-hetero) is 1. The molecule has 0 aromatic heterocycles. The van der Waals surface area contributed by atoms with Gasteiger partial charge in [-0.05, 0) is 26.0 Å². The fourth-order valence-corrected chi connectivity index (χ4v) is 2.23. The topological polar surface area (TPSA) is 63.7 Å². The van der Waals surface area contributed by atoms with Crippen molar-refractivity contribution in [2.45, 2.75) is 19.9 Å². The minimum atomic E-state index is -0.917. The zero-order valence-electron chi connectivity index (χ0n) is 10.8. The van der Waals surface area contributed by atoms with E-state index >= 15 is 0 Å². The van der Waals surface area contributed by atoms with Crippen molar-refractivity contribution < 1.29 is 19.1 Å². The van der Waals surface area contributed by atoms with Crippen LogP contribution in [-0.2, 0) is 19.1 Å². The summed E-state index contributed by atoms with van der Waals surface area (Å²) in [5.41, 5.74) is 0.600. The summed E-state index contributed by atoms with van der Waals surface area (Å²) in [5, 5.41) is 0.